The molecule has 48 heavy (non-hydrogen) atoms. The van der Waals surface area contributed by atoms with Crippen molar-refractivity contribution >= 4 is 43.5 Å². The van der Waals surface area contributed by atoms with Crippen LogP contribution in [0.4, 0.5) is 10.1 Å². The Morgan fingerprint density at radius 1 is 0.875 bits per heavy atom. The number of halogens is 2. The minimum Gasteiger partial charge on any atom is -0.497 e. The summed E-state index contributed by atoms with van der Waals surface area (Å²) in [6, 6.07) is 26.7. The summed E-state index contributed by atoms with van der Waals surface area (Å²) in [5.74, 6) is -0.959. The molecule has 1 N–H and O–H groups in total. The molecule has 4 aromatic rings. The lowest BCUT2D eigenvalue weighted by atomic mass is 9.94. The average molecular weight is 737 g/mol. The van der Waals surface area contributed by atoms with Crippen molar-refractivity contribution in [2.45, 2.75) is 62.0 Å². The maximum absolute atomic E-state index is 14.6. The van der Waals surface area contributed by atoms with E-state index < -0.39 is 34.3 Å². The zero-order valence-corrected chi connectivity index (χ0v) is 29.1. The van der Waals surface area contributed by atoms with Gasteiger partial charge in [-0.25, -0.2) is 12.8 Å². The summed E-state index contributed by atoms with van der Waals surface area (Å²) in [5, 5.41) is 3.20. The van der Waals surface area contributed by atoms with Gasteiger partial charge in [0, 0.05) is 23.5 Å². The molecule has 0 aliphatic heterocycles. The van der Waals surface area contributed by atoms with E-state index in [2.05, 4.69) is 21.2 Å². The van der Waals surface area contributed by atoms with E-state index in [0.717, 1.165) is 64.1 Å². The quantitative estimate of drug-likeness (QED) is 0.162. The molecular weight excluding hydrogens is 697 g/mol. The maximum Gasteiger partial charge on any atom is 0.264 e. The largest absolute Gasteiger partial charge is 0.497 e. The Kier molecular flexibility index (Phi) is 11.9. The van der Waals surface area contributed by atoms with E-state index in [-0.39, 0.29) is 35.5 Å². The molecule has 0 bridgehead atoms. The first-order valence-electron chi connectivity index (χ1n) is 15.9. The van der Waals surface area contributed by atoms with Gasteiger partial charge in [0.2, 0.25) is 11.8 Å². The summed E-state index contributed by atoms with van der Waals surface area (Å²) in [4.78, 5) is 30.2. The molecule has 0 spiro atoms. The second-order valence-corrected chi connectivity index (χ2v) is 14.6. The van der Waals surface area contributed by atoms with Crippen LogP contribution in [0.2, 0.25) is 0 Å². The van der Waals surface area contributed by atoms with Crippen LogP contribution in [-0.4, -0.2) is 50.9 Å². The number of rotatable bonds is 13. The molecule has 252 valence electrons. The van der Waals surface area contributed by atoms with E-state index in [1.54, 1.807) is 0 Å². The van der Waals surface area contributed by atoms with Gasteiger partial charge in [-0.15, -0.1) is 0 Å². The highest BCUT2D eigenvalue weighted by atomic mass is 79.9. The van der Waals surface area contributed by atoms with Crippen molar-refractivity contribution in [1.82, 2.24) is 10.2 Å². The molecule has 1 aliphatic carbocycles. The van der Waals surface area contributed by atoms with Crippen molar-refractivity contribution in [2.75, 3.05) is 18.0 Å². The highest BCUT2D eigenvalue weighted by Crippen LogP contribution is 2.27. The third-order valence-electron chi connectivity index (χ3n) is 8.53. The minimum atomic E-state index is -4.33. The number of hydrogen-bond donors (Lipinski definition) is 1. The third-order valence-corrected chi connectivity index (χ3v) is 10.8. The van der Waals surface area contributed by atoms with Gasteiger partial charge in [-0.05, 0) is 84.6 Å². The van der Waals surface area contributed by atoms with Gasteiger partial charge in [-0.2, -0.15) is 0 Å². The zero-order valence-electron chi connectivity index (χ0n) is 26.7. The Labute approximate surface area is 290 Å². The molecule has 5 rings (SSSR count). The predicted molar refractivity (Wildman–Crippen MR) is 188 cm³/mol. The Morgan fingerprint density at radius 2 is 1.52 bits per heavy atom. The van der Waals surface area contributed by atoms with Crippen LogP contribution in [0.15, 0.2) is 112 Å². The third kappa shape index (κ3) is 9.02. The highest BCUT2D eigenvalue weighted by Gasteiger charge is 2.35. The fourth-order valence-corrected chi connectivity index (χ4v) is 7.57. The zero-order chi connectivity index (χ0) is 34.1. The second kappa shape index (κ2) is 16.3. The number of carbonyl (C=O) groups excluding carboxylic acids is 2. The number of sulfonamides is 1. The van der Waals surface area contributed by atoms with E-state index in [4.69, 9.17) is 4.74 Å². The molecule has 2 amide bonds. The van der Waals surface area contributed by atoms with Crippen molar-refractivity contribution in [3.05, 3.63) is 125 Å². The highest BCUT2D eigenvalue weighted by molar-refractivity contribution is 9.10. The van der Waals surface area contributed by atoms with Crippen molar-refractivity contribution in [1.29, 1.82) is 0 Å². The summed E-state index contributed by atoms with van der Waals surface area (Å²) in [6.07, 6.45) is 5.11. The average Bonchev–Trinajstić information content (AvgIpc) is 3.10. The molecule has 0 heterocycles. The van der Waals surface area contributed by atoms with Crippen LogP contribution in [0.3, 0.4) is 0 Å². The van der Waals surface area contributed by atoms with Gasteiger partial charge >= 0.3 is 0 Å². The van der Waals surface area contributed by atoms with Crippen LogP contribution in [0, 0.1) is 5.82 Å². The molecule has 4 aromatic carbocycles. The second-order valence-electron chi connectivity index (χ2n) is 11.9. The molecule has 0 unspecified atom stereocenters. The fraction of sp³-hybridized carbons (Fsp3) is 0.297. The lowest BCUT2D eigenvalue weighted by Crippen LogP contribution is -2.55. The van der Waals surface area contributed by atoms with E-state index in [0.29, 0.717) is 5.75 Å². The number of nitrogens with zero attached hydrogens (tertiary/aromatic N) is 2. The van der Waals surface area contributed by atoms with Gasteiger partial charge in [-0.3, -0.25) is 13.9 Å². The van der Waals surface area contributed by atoms with Gasteiger partial charge in [0.25, 0.3) is 10.0 Å². The molecule has 1 fully saturated rings. The normalized spacial score (nSPS) is 14.1. The number of methoxy groups -OCH3 is 1. The first-order chi connectivity index (χ1) is 23.1. The summed E-state index contributed by atoms with van der Waals surface area (Å²) >= 11 is 3.46. The predicted octanol–water partition coefficient (Wildman–Crippen LogP) is 6.88. The lowest BCUT2D eigenvalue weighted by molar-refractivity contribution is -0.140. The molecule has 11 heteroatoms. The Hall–Kier alpha value is -4.22. The Bertz CT molecular complexity index is 1770. The minimum absolute atomic E-state index is 0.000296. The van der Waals surface area contributed by atoms with E-state index in [1.165, 1.54) is 48.4 Å². The number of hydrogen-bond acceptors (Lipinski definition) is 5. The van der Waals surface area contributed by atoms with Crippen LogP contribution in [0.5, 0.6) is 5.75 Å². The maximum atomic E-state index is 14.6. The standard InChI is InChI=1S/C37H39BrFN3O5S/c1-47-33-20-22-34(23-21-33)48(45,46)42(32-18-16-30(39)17-19-32)26-36(43)41(25-28-12-14-29(38)15-13-28)35(24-27-8-4-2-5-9-27)37(44)40-31-10-6-3-7-11-31/h2,4-5,8-9,12-23,31,35H,3,6-7,10-11,24-26H2,1H3,(H,40,44)/t35-/m0/s1. The van der Waals surface area contributed by atoms with E-state index in [9.17, 15) is 22.4 Å². The van der Waals surface area contributed by atoms with E-state index >= 15 is 0 Å². The van der Waals surface area contributed by atoms with Crippen LogP contribution in [-0.2, 0) is 32.6 Å². The first-order valence-corrected chi connectivity index (χ1v) is 18.2. The van der Waals surface area contributed by atoms with Gasteiger partial charge in [0.15, 0.2) is 0 Å². The smallest absolute Gasteiger partial charge is 0.264 e. The molecule has 1 saturated carbocycles. The fourth-order valence-electron chi connectivity index (χ4n) is 5.90. The molecular formula is C37H39BrFN3O5S. The molecule has 1 atom stereocenters. The Morgan fingerprint density at radius 3 is 2.15 bits per heavy atom. The number of anilines is 1. The number of carbonyl (C=O) groups is 2. The monoisotopic (exact) mass is 735 g/mol. The van der Waals surface area contributed by atoms with Crippen LogP contribution < -0.4 is 14.4 Å². The molecule has 0 radical (unpaired) electrons. The van der Waals surface area contributed by atoms with Crippen molar-refractivity contribution in [3.8, 4) is 5.75 Å². The molecule has 0 aromatic heterocycles. The number of benzene rings is 4. The topological polar surface area (TPSA) is 96.0 Å². The van der Waals surface area contributed by atoms with Gasteiger partial charge < -0.3 is 15.0 Å². The summed E-state index contributed by atoms with van der Waals surface area (Å²) in [6.45, 7) is -0.569. The summed E-state index contributed by atoms with van der Waals surface area (Å²) < 4.78 is 49.4. The molecule has 1 aliphatic rings. The summed E-state index contributed by atoms with van der Waals surface area (Å²) in [7, 11) is -2.85. The number of amides is 2. The van der Waals surface area contributed by atoms with Gasteiger partial charge in [0.1, 0.15) is 24.2 Å². The SMILES string of the molecule is COc1ccc(S(=O)(=O)N(CC(=O)N(Cc2ccc(Br)cc2)[C@@H](Cc2ccccc2)C(=O)NC2CCCCC2)c2ccc(F)cc2)cc1. The van der Waals surface area contributed by atoms with Crippen LogP contribution in [0.25, 0.3) is 0 Å². The van der Waals surface area contributed by atoms with Crippen LogP contribution >= 0.6 is 15.9 Å². The number of nitrogens with one attached hydrogen (secondary N) is 1. The first kappa shape index (κ1) is 35.1. The number of ether oxygens (including phenoxy) is 1. The van der Waals surface area contributed by atoms with Gasteiger partial charge in [-0.1, -0.05) is 77.7 Å². The van der Waals surface area contributed by atoms with Crippen LogP contribution in [0.1, 0.15) is 43.2 Å². The van der Waals surface area contributed by atoms with Gasteiger partial charge in [0.05, 0.1) is 17.7 Å². The van der Waals surface area contributed by atoms with Crippen molar-refractivity contribution in [3.63, 3.8) is 0 Å². The Balaban J connectivity index is 1.55. The lowest BCUT2D eigenvalue weighted by Gasteiger charge is -2.35. The summed E-state index contributed by atoms with van der Waals surface area (Å²) in [5.41, 5.74) is 1.73. The van der Waals surface area contributed by atoms with Crippen molar-refractivity contribution < 1.29 is 27.1 Å². The molecule has 8 nitrogen and oxygen atoms in total. The van der Waals surface area contributed by atoms with Crippen molar-refractivity contribution in [2.24, 2.45) is 0 Å². The molecule has 0 saturated heterocycles. The van der Waals surface area contributed by atoms with E-state index in [1.807, 2.05) is 54.6 Å².